The lowest BCUT2D eigenvalue weighted by Gasteiger charge is -2.12. The van der Waals surface area contributed by atoms with E-state index in [1.165, 1.54) is 6.08 Å². The molecule has 0 unspecified atom stereocenters. The summed E-state index contributed by atoms with van der Waals surface area (Å²) < 4.78 is 5.42. The molecule has 32 heavy (non-hydrogen) atoms. The van der Waals surface area contributed by atoms with Crippen LogP contribution in [0.15, 0.2) is 60.9 Å². The van der Waals surface area contributed by atoms with E-state index in [-0.39, 0.29) is 0 Å². The summed E-state index contributed by atoms with van der Waals surface area (Å²) in [6, 6.07) is 13.1. The summed E-state index contributed by atoms with van der Waals surface area (Å²) in [5.74, 6) is -0.331. The quantitative estimate of drug-likeness (QED) is 0.367. The Kier molecular flexibility index (Phi) is 6.35. The maximum absolute atomic E-state index is 10.9. The first-order chi connectivity index (χ1) is 15.5. The number of aromatic nitrogens is 3. The molecule has 0 spiro atoms. The smallest absolute Gasteiger partial charge is 0.328 e. The van der Waals surface area contributed by atoms with Crippen molar-refractivity contribution in [3.05, 3.63) is 87.8 Å². The first kappa shape index (κ1) is 21.7. The number of carboxylic acid groups (broad SMARTS) is 1. The topological polar surface area (TPSA) is 85.2 Å². The predicted octanol–water partition coefficient (Wildman–Crippen LogP) is 5.70. The highest BCUT2D eigenvalue weighted by Crippen LogP contribution is 2.33. The van der Waals surface area contributed by atoms with Crippen LogP contribution < -0.4 is 4.74 Å². The maximum atomic E-state index is 10.9. The Morgan fingerprint density at radius 1 is 1.06 bits per heavy atom. The van der Waals surface area contributed by atoms with Crippen LogP contribution in [-0.2, 0) is 11.2 Å². The third kappa shape index (κ3) is 4.56. The molecule has 0 aliphatic rings. The second-order valence-electron chi connectivity index (χ2n) is 6.96. The van der Waals surface area contributed by atoms with Crippen molar-refractivity contribution in [2.45, 2.75) is 6.42 Å². The molecule has 0 aliphatic carbocycles. The largest absolute Gasteiger partial charge is 0.497 e. The van der Waals surface area contributed by atoms with Crippen molar-refractivity contribution in [3.8, 4) is 17.0 Å². The Morgan fingerprint density at radius 3 is 2.56 bits per heavy atom. The van der Waals surface area contributed by atoms with Crippen molar-refractivity contribution >= 4 is 46.0 Å². The first-order valence-corrected chi connectivity index (χ1v) is 10.3. The van der Waals surface area contributed by atoms with Gasteiger partial charge in [-0.15, -0.1) is 5.10 Å². The molecule has 1 N–H and O–H groups in total. The van der Waals surface area contributed by atoms with Gasteiger partial charge in [0.2, 0.25) is 0 Å². The molecular weight excluding hydrogens is 449 g/mol. The first-order valence-electron chi connectivity index (χ1n) is 9.59. The van der Waals surface area contributed by atoms with Crippen LogP contribution in [-0.4, -0.2) is 33.4 Å². The van der Waals surface area contributed by atoms with Gasteiger partial charge in [0.25, 0.3) is 0 Å². The van der Waals surface area contributed by atoms with Crippen molar-refractivity contribution in [1.82, 2.24) is 15.2 Å². The van der Waals surface area contributed by atoms with Crippen LogP contribution in [0.4, 0.5) is 0 Å². The molecule has 0 radical (unpaired) electrons. The standard InChI is InChI=1S/C24H17Cl2N3O3/c1-32-16-6-7-17-18(10-16)24(15-4-2-3-14(9-15)5-8-23(30)31)29-28-22(17)11-19-20(25)12-27-13-21(19)26/h2-10,12-13H,11H2,1H3,(H,30,31). The molecule has 2 aromatic carbocycles. The number of rotatable bonds is 6. The van der Waals surface area contributed by atoms with Crippen LogP contribution >= 0.6 is 23.2 Å². The number of hydrogen-bond donors (Lipinski definition) is 1. The Bertz CT molecular complexity index is 1340. The van der Waals surface area contributed by atoms with Crippen molar-refractivity contribution in [3.63, 3.8) is 0 Å². The molecule has 6 nitrogen and oxygen atoms in total. The van der Waals surface area contributed by atoms with Crippen molar-refractivity contribution in [2.75, 3.05) is 7.11 Å². The van der Waals surface area contributed by atoms with E-state index in [9.17, 15) is 4.79 Å². The maximum Gasteiger partial charge on any atom is 0.328 e. The van der Waals surface area contributed by atoms with Crippen LogP contribution in [0.2, 0.25) is 10.0 Å². The summed E-state index contributed by atoms with van der Waals surface area (Å²) in [7, 11) is 1.60. The van der Waals surface area contributed by atoms with Crippen molar-refractivity contribution in [1.29, 1.82) is 0 Å². The molecule has 0 saturated heterocycles. The van der Waals surface area contributed by atoms with Crippen molar-refractivity contribution < 1.29 is 14.6 Å². The summed E-state index contributed by atoms with van der Waals surface area (Å²) in [6.07, 6.45) is 6.11. The molecule has 4 rings (SSSR count). The van der Waals surface area contributed by atoms with E-state index in [1.54, 1.807) is 19.5 Å². The van der Waals surface area contributed by atoms with E-state index >= 15 is 0 Å². The van der Waals surface area contributed by atoms with E-state index in [0.717, 1.165) is 33.5 Å². The molecule has 2 aromatic heterocycles. The number of hydrogen-bond acceptors (Lipinski definition) is 5. The fraction of sp³-hybridized carbons (Fsp3) is 0.0833. The lowest BCUT2D eigenvalue weighted by atomic mass is 9.99. The summed E-state index contributed by atoms with van der Waals surface area (Å²) in [5, 5.41) is 20.5. The van der Waals surface area contributed by atoms with Gasteiger partial charge in [-0.05, 0) is 41.5 Å². The summed E-state index contributed by atoms with van der Waals surface area (Å²) in [6.45, 7) is 0. The fourth-order valence-corrected chi connectivity index (χ4v) is 3.89. The molecule has 4 aromatic rings. The van der Waals surface area contributed by atoms with Gasteiger partial charge in [0.15, 0.2) is 0 Å². The van der Waals surface area contributed by atoms with E-state index in [1.807, 2.05) is 42.5 Å². The van der Waals surface area contributed by atoms with Crippen LogP contribution in [0.3, 0.4) is 0 Å². The molecule has 0 fully saturated rings. The molecule has 160 valence electrons. The van der Waals surface area contributed by atoms with Crippen LogP contribution in [0.5, 0.6) is 5.75 Å². The Labute approximate surface area is 194 Å². The zero-order chi connectivity index (χ0) is 22.7. The summed E-state index contributed by atoms with van der Waals surface area (Å²) >= 11 is 12.6. The summed E-state index contributed by atoms with van der Waals surface area (Å²) in [4.78, 5) is 14.9. The zero-order valence-corrected chi connectivity index (χ0v) is 18.4. The number of pyridine rings is 1. The molecular formula is C24H17Cl2N3O3. The van der Waals surface area contributed by atoms with Gasteiger partial charge in [-0.3, -0.25) is 4.98 Å². The Balaban J connectivity index is 1.86. The number of nitrogens with zero attached hydrogens (tertiary/aromatic N) is 3. The second kappa shape index (κ2) is 9.34. The number of carbonyl (C=O) groups is 1. The average Bonchev–Trinajstić information content (AvgIpc) is 2.80. The molecule has 0 aliphatic heterocycles. The minimum atomic E-state index is -1.01. The molecule has 0 bridgehead atoms. The predicted molar refractivity (Wildman–Crippen MR) is 125 cm³/mol. The highest BCUT2D eigenvalue weighted by molar-refractivity contribution is 6.35. The third-order valence-corrected chi connectivity index (χ3v) is 5.59. The number of fused-ring (bicyclic) bond motifs is 1. The molecule has 2 heterocycles. The van der Waals surface area contributed by atoms with Gasteiger partial charge in [-0.1, -0.05) is 41.4 Å². The van der Waals surface area contributed by atoms with Crippen LogP contribution in [0, 0.1) is 0 Å². The monoisotopic (exact) mass is 465 g/mol. The summed E-state index contributed by atoms with van der Waals surface area (Å²) in [5.41, 5.74) is 3.63. The molecule has 0 atom stereocenters. The highest BCUT2D eigenvalue weighted by atomic mass is 35.5. The minimum absolute atomic E-state index is 0.387. The van der Waals surface area contributed by atoms with Gasteiger partial charge in [-0.2, -0.15) is 5.10 Å². The van der Waals surface area contributed by atoms with E-state index in [4.69, 9.17) is 33.0 Å². The van der Waals surface area contributed by atoms with Gasteiger partial charge < -0.3 is 9.84 Å². The zero-order valence-electron chi connectivity index (χ0n) is 16.9. The number of halogens is 2. The average molecular weight is 466 g/mol. The lowest BCUT2D eigenvalue weighted by molar-refractivity contribution is -0.131. The number of methoxy groups -OCH3 is 1. The van der Waals surface area contributed by atoms with Crippen LogP contribution in [0.1, 0.15) is 16.8 Å². The van der Waals surface area contributed by atoms with Gasteiger partial charge in [0.1, 0.15) is 11.4 Å². The SMILES string of the molecule is COc1ccc2c(Cc3c(Cl)cncc3Cl)nnc(-c3cccc(C=CC(=O)O)c3)c2c1. The minimum Gasteiger partial charge on any atom is -0.497 e. The molecule has 0 amide bonds. The van der Waals surface area contributed by atoms with E-state index < -0.39 is 5.97 Å². The van der Waals surface area contributed by atoms with Gasteiger partial charge in [0.05, 0.1) is 22.8 Å². The van der Waals surface area contributed by atoms with E-state index in [0.29, 0.717) is 33.6 Å². The van der Waals surface area contributed by atoms with Gasteiger partial charge >= 0.3 is 5.97 Å². The number of benzene rings is 2. The Hall–Kier alpha value is -3.48. The van der Waals surface area contributed by atoms with Crippen LogP contribution in [0.25, 0.3) is 28.1 Å². The lowest BCUT2D eigenvalue weighted by Crippen LogP contribution is -2.01. The number of carboxylic acids is 1. The van der Waals surface area contributed by atoms with Crippen molar-refractivity contribution in [2.24, 2.45) is 0 Å². The Morgan fingerprint density at radius 2 is 1.84 bits per heavy atom. The van der Waals surface area contributed by atoms with Gasteiger partial charge in [-0.25, -0.2) is 4.79 Å². The highest BCUT2D eigenvalue weighted by Gasteiger charge is 2.16. The molecule has 0 saturated carbocycles. The number of ether oxygens (including phenoxy) is 1. The van der Waals surface area contributed by atoms with Gasteiger partial charge in [0, 0.05) is 41.2 Å². The fourth-order valence-electron chi connectivity index (χ4n) is 3.39. The number of aliphatic carboxylic acids is 1. The van der Waals surface area contributed by atoms with E-state index in [2.05, 4.69) is 15.2 Å². The second-order valence-corrected chi connectivity index (χ2v) is 7.78. The molecule has 8 heteroatoms. The third-order valence-electron chi connectivity index (χ3n) is 4.94. The normalized spacial score (nSPS) is 11.2.